The lowest BCUT2D eigenvalue weighted by molar-refractivity contribution is -0.138. The third-order valence-corrected chi connectivity index (χ3v) is 2.93. The van der Waals surface area contributed by atoms with Crippen LogP contribution >= 0.6 is 15.9 Å². The van der Waals surface area contributed by atoms with Crippen LogP contribution in [0.4, 0.5) is 0 Å². The van der Waals surface area contributed by atoms with Crippen molar-refractivity contribution in [2.45, 2.75) is 25.3 Å². The average molecular weight is 300 g/mol. The molecule has 4 nitrogen and oxygen atoms in total. The summed E-state index contributed by atoms with van der Waals surface area (Å²) in [4.78, 5) is 22.2. The molecule has 1 atom stereocenters. The quantitative estimate of drug-likeness (QED) is 0.789. The van der Waals surface area contributed by atoms with Gasteiger partial charge in [0.2, 0.25) is 0 Å². The number of carbonyl (C=O) groups is 2. The molecule has 17 heavy (non-hydrogen) atoms. The number of nitrogens with two attached hydrogens (primary N) is 1. The fourth-order valence-electron chi connectivity index (χ4n) is 1.39. The molecule has 0 fully saturated rings. The van der Waals surface area contributed by atoms with Crippen LogP contribution < -0.4 is 5.73 Å². The number of carbonyl (C=O) groups excluding carboxylic acids is 1. The molecule has 0 saturated heterocycles. The Labute approximate surface area is 108 Å². The Kier molecular flexibility index (Phi) is 5.31. The number of Topliss-reactive ketones (excluding diaryl/α,β-unsaturated/α-hetero) is 1. The fraction of sp³-hybridized carbons (Fsp3) is 0.333. The average Bonchev–Trinajstić information content (AvgIpc) is 2.29. The molecule has 92 valence electrons. The van der Waals surface area contributed by atoms with Gasteiger partial charge in [-0.1, -0.05) is 28.1 Å². The maximum Gasteiger partial charge on any atom is 0.320 e. The second-order valence-corrected chi connectivity index (χ2v) is 4.68. The van der Waals surface area contributed by atoms with Gasteiger partial charge in [-0.15, -0.1) is 0 Å². The van der Waals surface area contributed by atoms with Gasteiger partial charge in [-0.3, -0.25) is 9.59 Å². The van der Waals surface area contributed by atoms with Gasteiger partial charge >= 0.3 is 5.97 Å². The first-order chi connectivity index (χ1) is 8.00. The zero-order chi connectivity index (χ0) is 12.8. The Hall–Kier alpha value is -1.20. The number of benzene rings is 1. The number of rotatable bonds is 6. The number of hydrogen-bond acceptors (Lipinski definition) is 3. The van der Waals surface area contributed by atoms with Crippen LogP contribution in [0, 0.1) is 0 Å². The number of carboxylic acids is 1. The van der Waals surface area contributed by atoms with E-state index < -0.39 is 12.0 Å². The molecule has 0 bridgehead atoms. The Morgan fingerprint density at radius 3 is 2.41 bits per heavy atom. The largest absolute Gasteiger partial charge is 0.480 e. The molecule has 0 saturated carbocycles. The van der Waals surface area contributed by atoms with Gasteiger partial charge in [-0.05, 0) is 25.0 Å². The normalized spacial score (nSPS) is 12.1. The first-order valence-corrected chi connectivity index (χ1v) is 6.07. The molecule has 0 heterocycles. The smallest absolute Gasteiger partial charge is 0.320 e. The van der Waals surface area contributed by atoms with E-state index in [4.69, 9.17) is 10.8 Å². The molecular formula is C12H14BrNO3. The van der Waals surface area contributed by atoms with Crippen molar-refractivity contribution >= 4 is 27.7 Å². The van der Waals surface area contributed by atoms with E-state index in [9.17, 15) is 9.59 Å². The highest BCUT2D eigenvalue weighted by atomic mass is 79.9. The van der Waals surface area contributed by atoms with Crippen LogP contribution in [-0.2, 0) is 4.79 Å². The molecule has 0 spiro atoms. The summed E-state index contributed by atoms with van der Waals surface area (Å²) in [6, 6.07) is 6.20. The van der Waals surface area contributed by atoms with Crippen molar-refractivity contribution in [2.24, 2.45) is 5.73 Å². The summed E-state index contributed by atoms with van der Waals surface area (Å²) < 4.78 is 0.918. The van der Waals surface area contributed by atoms with Gasteiger partial charge in [0.1, 0.15) is 6.04 Å². The van der Waals surface area contributed by atoms with E-state index in [0.717, 1.165) is 4.47 Å². The Morgan fingerprint density at radius 2 is 1.88 bits per heavy atom. The predicted molar refractivity (Wildman–Crippen MR) is 67.9 cm³/mol. The number of aliphatic carboxylic acids is 1. The highest BCUT2D eigenvalue weighted by Crippen LogP contribution is 2.13. The standard InChI is InChI=1S/C12H14BrNO3/c13-9-6-4-8(5-7-9)11(15)3-1-2-10(14)12(16)17/h4-7,10H,1-3,14H2,(H,16,17)/t10-/m1/s1. The molecule has 1 aromatic carbocycles. The minimum absolute atomic E-state index is 0.00934. The van der Waals surface area contributed by atoms with Crippen molar-refractivity contribution in [2.75, 3.05) is 0 Å². The molecule has 3 N–H and O–H groups in total. The van der Waals surface area contributed by atoms with Gasteiger partial charge in [-0.2, -0.15) is 0 Å². The van der Waals surface area contributed by atoms with E-state index in [1.54, 1.807) is 24.3 Å². The lowest BCUT2D eigenvalue weighted by Gasteiger charge is -2.05. The van der Waals surface area contributed by atoms with Crippen LogP contribution in [-0.4, -0.2) is 22.9 Å². The lowest BCUT2D eigenvalue weighted by Crippen LogP contribution is -2.29. The zero-order valence-corrected chi connectivity index (χ0v) is 10.8. The van der Waals surface area contributed by atoms with E-state index in [0.29, 0.717) is 24.8 Å². The van der Waals surface area contributed by atoms with Crippen LogP contribution in [0.25, 0.3) is 0 Å². The van der Waals surface area contributed by atoms with Crippen LogP contribution in [0.5, 0.6) is 0 Å². The molecule has 1 aromatic rings. The fourth-order valence-corrected chi connectivity index (χ4v) is 1.65. The summed E-state index contributed by atoms with van der Waals surface area (Å²) in [6.45, 7) is 0. The maximum absolute atomic E-state index is 11.7. The highest BCUT2D eigenvalue weighted by Gasteiger charge is 2.12. The first kappa shape index (κ1) is 13.9. The third kappa shape index (κ3) is 4.66. The third-order valence-electron chi connectivity index (χ3n) is 2.40. The van der Waals surface area contributed by atoms with Gasteiger partial charge in [-0.25, -0.2) is 0 Å². The molecule has 0 aromatic heterocycles. The molecule has 0 amide bonds. The molecule has 5 heteroatoms. The van der Waals surface area contributed by atoms with Crippen molar-refractivity contribution in [3.63, 3.8) is 0 Å². The van der Waals surface area contributed by atoms with Crippen molar-refractivity contribution in [1.29, 1.82) is 0 Å². The van der Waals surface area contributed by atoms with Gasteiger partial charge in [0.05, 0.1) is 0 Å². The van der Waals surface area contributed by atoms with Crippen molar-refractivity contribution in [3.05, 3.63) is 34.3 Å². The number of halogens is 1. The summed E-state index contributed by atoms with van der Waals surface area (Å²) in [5, 5.41) is 8.58. The van der Waals surface area contributed by atoms with E-state index in [-0.39, 0.29) is 5.78 Å². The van der Waals surface area contributed by atoms with Crippen molar-refractivity contribution in [3.8, 4) is 0 Å². The summed E-state index contributed by atoms with van der Waals surface area (Å²) in [7, 11) is 0. The minimum Gasteiger partial charge on any atom is -0.480 e. The first-order valence-electron chi connectivity index (χ1n) is 5.28. The van der Waals surface area contributed by atoms with Gasteiger partial charge in [0.25, 0.3) is 0 Å². The second-order valence-electron chi connectivity index (χ2n) is 3.77. The van der Waals surface area contributed by atoms with Crippen LogP contribution in [0.1, 0.15) is 29.6 Å². The SMILES string of the molecule is N[C@H](CCCC(=O)c1ccc(Br)cc1)C(=O)O. The molecule has 0 aliphatic heterocycles. The van der Waals surface area contributed by atoms with Gasteiger partial charge in [0, 0.05) is 16.5 Å². The zero-order valence-electron chi connectivity index (χ0n) is 9.23. The number of carboxylic acid groups (broad SMARTS) is 1. The molecule has 1 rings (SSSR count). The highest BCUT2D eigenvalue weighted by molar-refractivity contribution is 9.10. The lowest BCUT2D eigenvalue weighted by atomic mass is 10.0. The topological polar surface area (TPSA) is 80.4 Å². The van der Waals surface area contributed by atoms with E-state index >= 15 is 0 Å². The summed E-state index contributed by atoms with van der Waals surface area (Å²) in [5.74, 6) is -1.02. The van der Waals surface area contributed by atoms with Crippen LogP contribution in [0.3, 0.4) is 0 Å². The second kappa shape index (κ2) is 6.51. The van der Waals surface area contributed by atoms with Crippen molar-refractivity contribution in [1.82, 2.24) is 0 Å². The Bertz CT molecular complexity index is 403. The van der Waals surface area contributed by atoms with Crippen LogP contribution in [0.15, 0.2) is 28.7 Å². The van der Waals surface area contributed by atoms with Gasteiger partial charge < -0.3 is 10.8 Å². The summed E-state index contributed by atoms with van der Waals surface area (Å²) in [6.07, 6.45) is 1.13. The van der Waals surface area contributed by atoms with E-state index in [1.165, 1.54) is 0 Å². The Morgan fingerprint density at radius 1 is 1.29 bits per heavy atom. The van der Waals surface area contributed by atoms with Crippen LogP contribution in [0.2, 0.25) is 0 Å². The van der Waals surface area contributed by atoms with E-state index in [2.05, 4.69) is 15.9 Å². The molecule has 0 unspecified atom stereocenters. The van der Waals surface area contributed by atoms with E-state index in [1.807, 2.05) is 0 Å². The van der Waals surface area contributed by atoms with Gasteiger partial charge in [0.15, 0.2) is 5.78 Å². The molecular weight excluding hydrogens is 286 g/mol. The Balaban J connectivity index is 2.40. The molecule has 0 aliphatic carbocycles. The minimum atomic E-state index is -1.03. The molecule has 0 radical (unpaired) electrons. The predicted octanol–water partition coefficient (Wildman–Crippen LogP) is 2.21. The maximum atomic E-state index is 11.7. The summed E-state index contributed by atoms with van der Waals surface area (Å²) >= 11 is 3.29. The monoisotopic (exact) mass is 299 g/mol. The molecule has 0 aliphatic rings. The number of ketones is 1. The summed E-state index contributed by atoms with van der Waals surface area (Å²) in [5.41, 5.74) is 5.98. The van der Waals surface area contributed by atoms with Crippen molar-refractivity contribution < 1.29 is 14.7 Å². The number of hydrogen-bond donors (Lipinski definition) is 2.